The molecule has 0 aromatic carbocycles. The van der Waals surface area contributed by atoms with Gasteiger partial charge >= 0.3 is 0 Å². The quantitative estimate of drug-likeness (QED) is 0.323. The average Bonchev–Trinajstić information content (AvgIpc) is 2.47. The minimum absolute atomic E-state index is 0.457. The number of hydrogen-bond acceptors (Lipinski definition) is 2. The maximum absolute atomic E-state index is 8.05. The van der Waals surface area contributed by atoms with E-state index in [1.165, 1.54) is 0 Å². The summed E-state index contributed by atoms with van der Waals surface area (Å²) in [6.45, 7) is 6.69. The molecule has 0 unspecified atom stereocenters. The number of aromatic nitrogens is 2. The molecule has 0 amide bonds. The molecule has 5 heteroatoms. The van der Waals surface area contributed by atoms with Gasteiger partial charge in [0, 0.05) is 23.7 Å². The summed E-state index contributed by atoms with van der Waals surface area (Å²) in [5.74, 6) is 2.25. The van der Waals surface area contributed by atoms with Crippen molar-refractivity contribution in [1.29, 1.82) is 0 Å². The van der Waals surface area contributed by atoms with Crippen LogP contribution in [0.5, 0.6) is 0 Å². The van der Waals surface area contributed by atoms with Gasteiger partial charge in [0.1, 0.15) is 0 Å². The zero-order chi connectivity index (χ0) is 11.7. The predicted molar refractivity (Wildman–Crippen MR) is 60.2 cm³/mol. The first-order chi connectivity index (χ1) is 7.15. The summed E-state index contributed by atoms with van der Waals surface area (Å²) in [6.07, 6.45) is 4.60. The van der Waals surface area contributed by atoms with Crippen LogP contribution in [0, 0.1) is 26.2 Å². The Morgan fingerprint density at radius 1 is 1.67 bits per heavy atom. The molecule has 0 bridgehead atoms. The van der Waals surface area contributed by atoms with Crippen LogP contribution in [-0.2, 0) is 6.54 Å². The summed E-state index contributed by atoms with van der Waals surface area (Å²) in [5, 5.41) is 7.65. The van der Waals surface area contributed by atoms with E-state index >= 15 is 0 Å². The number of hydrogen-bond donors (Lipinski definition) is 0. The molecule has 1 aromatic heterocycles. The van der Waals surface area contributed by atoms with E-state index in [1.54, 1.807) is 6.92 Å². The van der Waals surface area contributed by atoms with Gasteiger partial charge in [-0.2, -0.15) is 5.10 Å². The molecule has 1 rings (SSSR count). The first-order valence-corrected chi connectivity index (χ1v) is 4.55. The Kier molecular flexibility index (Phi) is 6.52. The summed E-state index contributed by atoms with van der Waals surface area (Å²) in [5.41, 5.74) is 10.1. The molecule has 0 spiro atoms. The highest BCUT2D eigenvalue weighted by Crippen LogP contribution is 2.00. The summed E-state index contributed by atoms with van der Waals surface area (Å²) in [6, 6.07) is 2.00. The molecular formula is C10H15N5. The lowest BCUT2D eigenvalue weighted by atomic mass is 10.4. The van der Waals surface area contributed by atoms with Crippen molar-refractivity contribution in [2.75, 3.05) is 6.54 Å². The Morgan fingerprint density at radius 3 is 2.67 bits per heavy atom. The third-order valence-electron chi connectivity index (χ3n) is 1.58. The number of azide groups is 1. The first-order valence-electron chi connectivity index (χ1n) is 4.55. The fourth-order valence-corrected chi connectivity index (χ4v) is 1.09. The van der Waals surface area contributed by atoms with Crippen LogP contribution in [0.3, 0.4) is 0 Å². The van der Waals surface area contributed by atoms with Gasteiger partial charge in [0.05, 0.1) is 5.69 Å². The van der Waals surface area contributed by atoms with Crippen molar-refractivity contribution in [3.05, 3.63) is 27.9 Å². The van der Waals surface area contributed by atoms with Gasteiger partial charge in [-0.3, -0.25) is 4.68 Å². The van der Waals surface area contributed by atoms with E-state index in [2.05, 4.69) is 27.5 Å². The summed E-state index contributed by atoms with van der Waals surface area (Å²) in [7, 11) is 0. The second-order valence-corrected chi connectivity index (χ2v) is 2.89. The van der Waals surface area contributed by atoms with E-state index in [4.69, 9.17) is 5.53 Å². The van der Waals surface area contributed by atoms with E-state index in [-0.39, 0.29) is 0 Å². The van der Waals surface area contributed by atoms with Crippen LogP contribution < -0.4 is 0 Å². The Morgan fingerprint density at radius 2 is 2.27 bits per heavy atom. The van der Waals surface area contributed by atoms with Crippen molar-refractivity contribution < 1.29 is 0 Å². The lowest BCUT2D eigenvalue weighted by Crippen LogP contribution is -2.04. The van der Waals surface area contributed by atoms with E-state index in [9.17, 15) is 0 Å². The lowest BCUT2D eigenvalue weighted by Gasteiger charge is -1.99. The molecule has 0 N–H and O–H groups in total. The average molecular weight is 205 g/mol. The fourth-order valence-electron chi connectivity index (χ4n) is 1.09. The number of aryl methyl sites for hydroxylation is 2. The second-order valence-electron chi connectivity index (χ2n) is 2.89. The Bertz CT molecular complexity index is 379. The molecule has 15 heavy (non-hydrogen) atoms. The predicted octanol–water partition coefficient (Wildman–Crippen LogP) is 2.45. The van der Waals surface area contributed by atoms with Gasteiger partial charge in [-0.25, -0.2) is 0 Å². The molecular weight excluding hydrogens is 190 g/mol. The Balaban J connectivity index is 0.000000583. The number of rotatable bonds is 3. The highest BCUT2D eigenvalue weighted by Gasteiger charge is 1.98. The van der Waals surface area contributed by atoms with Crippen LogP contribution in [0.25, 0.3) is 10.4 Å². The van der Waals surface area contributed by atoms with E-state index in [1.807, 2.05) is 24.6 Å². The van der Waals surface area contributed by atoms with Crippen molar-refractivity contribution in [2.24, 2.45) is 5.11 Å². The molecule has 5 nitrogen and oxygen atoms in total. The summed E-state index contributed by atoms with van der Waals surface area (Å²) in [4.78, 5) is 2.67. The highest BCUT2D eigenvalue weighted by molar-refractivity contribution is 5.06. The highest BCUT2D eigenvalue weighted by atomic mass is 15.3. The van der Waals surface area contributed by atoms with Gasteiger partial charge < -0.3 is 0 Å². The smallest absolute Gasteiger partial charge is 0.0596 e. The number of nitrogens with zero attached hydrogens (tertiary/aromatic N) is 5. The van der Waals surface area contributed by atoms with Gasteiger partial charge in [0.15, 0.2) is 0 Å². The summed E-state index contributed by atoms with van der Waals surface area (Å²) < 4.78 is 1.84. The standard InChI is InChI=1S/C7H11N5.C3H4/c1-6-5-7(2)12(10-6)4-3-9-11-8;1-3-2/h5H,3-4H2,1-2H3;1H,2H3. The van der Waals surface area contributed by atoms with Gasteiger partial charge in [-0.15, -0.1) is 12.3 Å². The fraction of sp³-hybridized carbons (Fsp3) is 0.500. The van der Waals surface area contributed by atoms with Crippen molar-refractivity contribution in [3.8, 4) is 12.3 Å². The Labute approximate surface area is 89.7 Å². The molecule has 1 heterocycles. The molecule has 0 saturated carbocycles. The van der Waals surface area contributed by atoms with Crippen LogP contribution in [0.1, 0.15) is 18.3 Å². The topological polar surface area (TPSA) is 66.6 Å². The molecule has 0 aliphatic heterocycles. The van der Waals surface area contributed by atoms with Crippen LogP contribution in [0.2, 0.25) is 0 Å². The number of terminal acetylenes is 1. The van der Waals surface area contributed by atoms with Crippen LogP contribution in [-0.4, -0.2) is 16.3 Å². The van der Waals surface area contributed by atoms with Crippen LogP contribution in [0.4, 0.5) is 0 Å². The largest absolute Gasteiger partial charge is 0.269 e. The SMILES string of the molecule is C#CC.Cc1cc(C)n(CCN=[N+]=[N-])n1. The van der Waals surface area contributed by atoms with Crippen LogP contribution >= 0.6 is 0 Å². The first kappa shape index (κ1) is 13.1. The minimum atomic E-state index is 0.457. The van der Waals surface area contributed by atoms with Crippen molar-refractivity contribution in [1.82, 2.24) is 9.78 Å². The maximum Gasteiger partial charge on any atom is 0.0596 e. The lowest BCUT2D eigenvalue weighted by molar-refractivity contribution is 0.602. The molecule has 0 aliphatic rings. The van der Waals surface area contributed by atoms with Gasteiger partial charge in [-0.1, -0.05) is 5.11 Å². The Hall–Kier alpha value is -1.92. The van der Waals surface area contributed by atoms with E-state index < -0.39 is 0 Å². The van der Waals surface area contributed by atoms with Gasteiger partial charge in [0.2, 0.25) is 0 Å². The van der Waals surface area contributed by atoms with Gasteiger partial charge in [-0.05, 0) is 32.4 Å². The van der Waals surface area contributed by atoms with E-state index in [0.29, 0.717) is 13.1 Å². The van der Waals surface area contributed by atoms with E-state index in [0.717, 1.165) is 11.4 Å². The molecule has 0 saturated heterocycles. The van der Waals surface area contributed by atoms with Crippen LogP contribution in [0.15, 0.2) is 11.2 Å². The molecule has 80 valence electrons. The van der Waals surface area contributed by atoms with Crippen molar-refractivity contribution in [3.63, 3.8) is 0 Å². The normalized spacial score (nSPS) is 8.13. The third-order valence-corrected chi connectivity index (χ3v) is 1.58. The minimum Gasteiger partial charge on any atom is -0.269 e. The second kappa shape index (κ2) is 7.48. The molecule has 0 fully saturated rings. The zero-order valence-electron chi connectivity index (χ0n) is 9.30. The molecule has 0 radical (unpaired) electrons. The molecule has 0 atom stereocenters. The zero-order valence-corrected chi connectivity index (χ0v) is 9.30. The molecule has 1 aromatic rings. The summed E-state index contributed by atoms with van der Waals surface area (Å²) >= 11 is 0. The molecule has 0 aliphatic carbocycles. The van der Waals surface area contributed by atoms with Gasteiger partial charge in [0.25, 0.3) is 0 Å². The maximum atomic E-state index is 8.05. The van der Waals surface area contributed by atoms with Crippen molar-refractivity contribution in [2.45, 2.75) is 27.3 Å². The monoisotopic (exact) mass is 205 g/mol. The third kappa shape index (κ3) is 5.40. The van der Waals surface area contributed by atoms with Crippen molar-refractivity contribution >= 4 is 0 Å².